The van der Waals surface area contributed by atoms with Gasteiger partial charge < -0.3 is 5.11 Å². The third kappa shape index (κ3) is 1.98. The van der Waals surface area contributed by atoms with Crippen LogP contribution in [-0.4, -0.2) is 20.7 Å². The van der Waals surface area contributed by atoms with Gasteiger partial charge in [-0.3, -0.25) is 4.79 Å². The highest BCUT2D eigenvalue weighted by atomic mass is 16.4. The maximum absolute atomic E-state index is 10.4. The summed E-state index contributed by atoms with van der Waals surface area (Å²) in [5.74, 6) is -0.788. The van der Waals surface area contributed by atoms with Crippen molar-refractivity contribution < 1.29 is 9.90 Å². The molecular formula is C11H12N2O2. The van der Waals surface area contributed by atoms with E-state index in [1.165, 1.54) is 0 Å². The molecule has 0 radical (unpaired) electrons. The highest BCUT2D eigenvalue weighted by Gasteiger charge is 2.05. The predicted molar refractivity (Wildman–Crippen MR) is 55.9 cm³/mol. The normalized spacial score (nSPS) is 10.7. The Morgan fingerprint density at radius 3 is 3.07 bits per heavy atom. The van der Waals surface area contributed by atoms with Crippen LogP contribution in [0.3, 0.4) is 0 Å². The molecule has 2 aromatic heterocycles. The fourth-order valence-corrected chi connectivity index (χ4v) is 1.56. The molecule has 0 unspecified atom stereocenters. The molecule has 4 nitrogen and oxygen atoms in total. The van der Waals surface area contributed by atoms with Crippen LogP contribution in [0.4, 0.5) is 0 Å². The largest absolute Gasteiger partial charge is 0.481 e. The van der Waals surface area contributed by atoms with Crippen LogP contribution in [0, 0.1) is 6.92 Å². The number of hydrogen-bond donors (Lipinski definition) is 1. The summed E-state index contributed by atoms with van der Waals surface area (Å²) in [4.78, 5) is 10.4. The van der Waals surface area contributed by atoms with Crippen LogP contribution in [0.5, 0.6) is 0 Å². The zero-order chi connectivity index (χ0) is 10.8. The molecule has 2 rings (SSSR count). The number of aryl methyl sites for hydroxylation is 2. The molecule has 2 heterocycles. The minimum atomic E-state index is -0.788. The van der Waals surface area contributed by atoms with E-state index < -0.39 is 5.97 Å². The lowest BCUT2D eigenvalue weighted by Gasteiger charge is -1.94. The number of carboxylic acid groups (broad SMARTS) is 1. The van der Waals surface area contributed by atoms with E-state index in [1.807, 2.05) is 31.3 Å². The molecule has 0 spiro atoms. The van der Waals surface area contributed by atoms with Crippen molar-refractivity contribution in [3.63, 3.8) is 0 Å². The van der Waals surface area contributed by atoms with Gasteiger partial charge in [-0.2, -0.15) is 5.10 Å². The Morgan fingerprint density at radius 2 is 2.40 bits per heavy atom. The minimum absolute atomic E-state index is 0.128. The van der Waals surface area contributed by atoms with E-state index in [-0.39, 0.29) is 6.42 Å². The van der Waals surface area contributed by atoms with E-state index in [0.29, 0.717) is 6.42 Å². The fourth-order valence-electron chi connectivity index (χ4n) is 1.56. The third-order valence-corrected chi connectivity index (χ3v) is 2.36. The van der Waals surface area contributed by atoms with Crippen LogP contribution in [0.25, 0.3) is 5.52 Å². The predicted octanol–water partition coefficient (Wildman–Crippen LogP) is 1.66. The highest BCUT2D eigenvalue weighted by molar-refractivity contribution is 5.67. The van der Waals surface area contributed by atoms with E-state index in [0.717, 1.165) is 16.8 Å². The van der Waals surface area contributed by atoms with E-state index in [2.05, 4.69) is 5.10 Å². The van der Waals surface area contributed by atoms with Gasteiger partial charge in [0.05, 0.1) is 17.6 Å². The van der Waals surface area contributed by atoms with Gasteiger partial charge in [-0.1, -0.05) is 6.07 Å². The van der Waals surface area contributed by atoms with Crippen LogP contribution in [0.1, 0.15) is 17.7 Å². The standard InChI is InChI=1S/C11H12N2O2/c1-8-3-2-6-13-10(8)7-9(12-13)4-5-11(14)15/h2-3,6-7H,4-5H2,1H3,(H,14,15). The molecule has 0 aliphatic carbocycles. The molecule has 78 valence electrons. The average molecular weight is 204 g/mol. The third-order valence-electron chi connectivity index (χ3n) is 2.36. The summed E-state index contributed by atoms with van der Waals surface area (Å²) in [6.07, 6.45) is 2.48. The topological polar surface area (TPSA) is 54.6 Å². The maximum atomic E-state index is 10.4. The molecule has 0 bridgehead atoms. The van der Waals surface area contributed by atoms with Crippen LogP contribution in [0.2, 0.25) is 0 Å². The Hall–Kier alpha value is -1.84. The van der Waals surface area contributed by atoms with Crippen molar-refractivity contribution in [3.8, 4) is 0 Å². The number of carbonyl (C=O) groups is 1. The summed E-state index contributed by atoms with van der Waals surface area (Å²) in [5, 5.41) is 12.9. The number of nitrogens with zero attached hydrogens (tertiary/aromatic N) is 2. The van der Waals surface area contributed by atoms with Crippen LogP contribution in [0.15, 0.2) is 24.4 Å². The van der Waals surface area contributed by atoms with Crippen molar-refractivity contribution in [1.82, 2.24) is 9.61 Å². The summed E-state index contributed by atoms with van der Waals surface area (Å²) in [6, 6.07) is 5.88. The monoisotopic (exact) mass is 204 g/mol. The summed E-state index contributed by atoms with van der Waals surface area (Å²) in [6.45, 7) is 2.01. The second kappa shape index (κ2) is 3.73. The van der Waals surface area contributed by atoms with Crippen LogP contribution < -0.4 is 0 Å². The molecule has 0 aliphatic rings. The molecule has 0 saturated heterocycles. The molecule has 0 aliphatic heterocycles. The van der Waals surface area contributed by atoms with Crippen molar-refractivity contribution in [1.29, 1.82) is 0 Å². The zero-order valence-electron chi connectivity index (χ0n) is 8.47. The molecule has 4 heteroatoms. The molecule has 1 N–H and O–H groups in total. The lowest BCUT2D eigenvalue weighted by Crippen LogP contribution is -1.98. The number of hydrogen-bond acceptors (Lipinski definition) is 2. The molecule has 0 amide bonds. The second-order valence-electron chi connectivity index (χ2n) is 3.55. The Morgan fingerprint density at radius 1 is 1.60 bits per heavy atom. The molecule has 2 aromatic rings. The maximum Gasteiger partial charge on any atom is 0.303 e. The Kier molecular flexibility index (Phi) is 2.41. The van der Waals surface area contributed by atoms with E-state index >= 15 is 0 Å². The highest BCUT2D eigenvalue weighted by Crippen LogP contribution is 2.12. The van der Waals surface area contributed by atoms with Gasteiger partial charge in [0.2, 0.25) is 0 Å². The number of aromatic nitrogens is 2. The van der Waals surface area contributed by atoms with E-state index in [1.54, 1.807) is 4.52 Å². The lowest BCUT2D eigenvalue weighted by molar-refractivity contribution is -0.136. The van der Waals surface area contributed by atoms with Gasteiger partial charge in [0.1, 0.15) is 0 Å². The zero-order valence-corrected chi connectivity index (χ0v) is 8.47. The fraction of sp³-hybridized carbons (Fsp3) is 0.273. The Labute approximate surface area is 87.2 Å². The van der Waals surface area contributed by atoms with Crippen molar-refractivity contribution >= 4 is 11.5 Å². The minimum Gasteiger partial charge on any atom is -0.481 e. The summed E-state index contributed by atoms with van der Waals surface area (Å²) in [7, 11) is 0. The molecule has 0 fully saturated rings. The Balaban J connectivity index is 2.31. The quantitative estimate of drug-likeness (QED) is 0.827. The van der Waals surface area contributed by atoms with Crippen molar-refractivity contribution in [2.24, 2.45) is 0 Å². The van der Waals surface area contributed by atoms with Gasteiger partial charge in [-0.15, -0.1) is 0 Å². The van der Waals surface area contributed by atoms with Gasteiger partial charge >= 0.3 is 5.97 Å². The van der Waals surface area contributed by atoms with Gasteiger partial charge in [-0.25, -0.2) is 4.52 Å². The van der Waals surface area contributed by atoms with Crippen LogP contribution in [-0.2, 0) is 11.2 Å². The number of pyridine rings is 1. The van der Waals surface area contributed by atoms with Gasteiger partial charge in [0, 0.05) is 12.6 Å². The first-order chi connectivity index (χ1) is 7.16. The SMILES string of the molecule is Cc1cccn2nc(CCC(=O)O)cc12. The van der Waals surface area contributed by atoms with E-state index in [4.69, 9.17) is 5.11 Å². The van der Waals surface area contributed by atoms with Gasteiger partial charge in [-0.05, 0) is 24.6 Å². The first kappa shape index (κ1) is 9.71. The summed E-state index contributed by atoms with van der Waals surface area (Å²) >= 11 is 0. The van der Waals surface area contributed by atoms with Crippen molar-refractivity contribution in [2.75, 3.05) is 0 Å². The first-order valence-corrected chi connectivity index (χ1v) is 4.82. The number of fused-ring (bicyclic) bond motifs is 1. The van der Waals surface area contributed by atoms with Gasteiger partial charge in [0.25, 0.3) is 0 Å². The van der Waals surface area contributed by atoms with Crippen molar-refractivity contribution in [2.45, 2.75) is 19.8 Å². The summed E-state index contributed by atoms with van der Waals surface area (Å²) < 4.78 is 1.78. The number of aliphatic carboxylic acids is 1. The van der Waals surface area contributed by atoms with Crippen LogP contribution >= 0.6 is 0 Å². The Bertz CT molecular complexity index is 502. The second-order valence-corrected chi connectivity index (χ2v) is 3.55. The number of rotatable bonds is 3. The molecule has 0 atom stereocenters. The lowest BCUT2D eigenvalue weighted by atomic mass is 10.2. The molecular weight excluding hydrogens is 192 g/mol. The number of carboxylic acids is 1. The molecule has 15 heavy (non-hydrogen) atoms. The molecule has 0 aromatic carbocycles. The summed E-state index contributed by atoms with van der Waals surface area (Å²) in [5.41, 5.74) is 3.01. The smallest absolute Gasteiger partial charge is 0.303 e. The van der Waals surface area contributed by atoms with Crippen molar-refractivity contribution in [3.05, 3.63) is 35.7 Å². The van der Waals surface area contributed by atoms with E-state index in [9.17, 15) is 4.79 Å². The first-order valence-electron chi connectivity index (χ1n) is 4.82. The molecule has 0 saturated carbocycles. The van der Waals surface area contributed by atoms with Gasteiger partial charge in [0.15, 0.2) is 0 Å². The average Bonchev–Trinajstić information content (AvgIpc) is 2.59.